The molecule has 3 rings (SSSR count). The van der Waals surface area contributed by atoms with E-state index in [1.807, 2.05) is 61.5 Å². The molecule has 31 heavy (non-hydrogen) atoms. The molecule has 2 aromatic carbocycles. The van der Waals surface area contributed by atoms with Crippen molar-refractivity contribution >= 4 is 11.8 Å². The number of hydrogen-bond donors (Lipinski definition) is 1. The largest absolute Gasteiger partial charge is 0.497 e. The molecule has 1 unspecified atom stereocenters. The van der Waals surface area contributed by atoms with Crippen LogP contribution in [0.3, 0.4) is 0 Å². The number of hydrogen-bond acceptors (Lipinski definition) is 3. The SMILES string of the molecule is CCC(C(=O)NC1CCCCC1)N(Cc1cccc(OC)c1)C(=O)Cc1ccccc1. The Morgan fingerprint density at radius 1 is 1.03 bits per heavy atom. The first kappa shape index (κ1) is 22.9. The maximum absolute atomic E-state index is 13.4. The fraction of sp³-hybridized carbons (Fsp3) is 0.462. The number of ether oxygens (including phenoxy) is 1. The van der Waals surface area contributed by atoms with Crippen molar-refractivity contribution in [3.8, 4) is 5.75 Å². The number of carbonyl (C=O) groups is 2. The van der Waals surface area contributed by atoms with E-state index in [2.05, 4.69) is 5.32 Å². The second-order valence-corrected chi connectivity index (χ2v) is 8.30. The summed E-state index contributed by atoms with van der Waals surface area (Å²) in [5, 5.41) is 3.22. The molecule has 0 spiro atoms. The third-order valence-corrected chi connectivity index (χ3v) is 6.02. The lowest BCUT2D eigenvalue weighted by Gasteiger charge is -2.33. The Labute approximate surface area is 185 Å². The van der Waals surface area contributed by atoms with E-state index in [-0.39, 0.29) is 24.3 Å². The molecule has 1 aliphatic carbocycles. The van der Waals surface area contributed by atoms with Crippen molar-refractivity contribution in [2.45, 2.75) is 70.5 Å². The lowest BCUT2D eigenvalue weighted by molar-refractivity contribution is -0.141. The number of amides is 2. The minimum atomic E-state index is -0.496. The number of carbonyl (C=O) groups excluding carboxylic acids is 2. The van der Waals surface area contributed by atoms with Crippen molar-refractivity contribution in [1.29, 1.82) is 0 Å². The third kappa shape index (κ3) is 6.58. The first-order valence-corrected chi connectivity index (χ1v) is 11.4. The lowest BCUT2D eigenvalue weighted by atomic mass is 9.95. The van der Waals surface area contributed by atoms with Crippen molar-refractivity contribution in [2.24, 2.45) is 0 Å². The van der Waals surface area contributed by atoms with Gasteiger partial charge in [0, 0.05) is 12.6 Å². The Bertz CT molecular complexity index is 847. The zero-order chi connectivity index (χ0) is 22.1. The molecule has 0 saturated heterocycles. The molecule has 0 bridgehead atoms. The summed E-state index contributed by atoms with van der Waals surface area (Å²) in [7, 11) is 1.63. The van der Waals surface area contributed by atoms with E-state index < -0.39 is 6.04 Å². The normalized spacial score (nSPS) is 15.2. The molecule has 2 aromatic rings. The second-order valence-electron chi connectivity index (χ2n) is 8.30. The van der Waals surface area contributed by atoms with Crippen molar-refractivity contribution < 1.29 is 14.3 Å². The van der Waals surface area contributed by atoms with Gasteiger partial charge in [0.2, 0.25) is 11.8 Å². The molecule has 0 radical (unpaired) electrons. The standard InChI is InChI=1S/C26H34N2O3/c1-3-24(26(30)27-22-14-8-5-9-15-22)28(19-21-13-10-16-23(17-21)31-2)25(29)18-20-11-6-4-7-12-20/h4,6-7,10-13,16-17,22,24H,3,5,8-9,14-15,18-19H2,1-2H3,(H,27,30). The number of rotatable bonds is 9. The molecule has 1 N–H and O–H groups in total. The van der Waals surface area contributed by atoms with Gasteiger partial charge in [0.1, 0.15) is 11.8 Å². The number of nitrogens with zero attached hydrogens (tertiary/aromatic N) is 1. The number of nitrogens with one attached hydrogen (secondary N) is 1. The smallest absolute Gasteiger partial charge is 0.243 e. The highest BCUT2D eigenvalue weighted by atomic mass is 16.5. The molecule has 1 fully saturated rings. The van der Waals surface area contributed by atoms with Gasteiger partial charge < -0.3 is 15.0 Å². The third-order valence-electron chi connectivity index (χ3n) is 6.02. The van der Waals surface area contributed by atoms with Gasteiger partial charge in [-0.25, -0.2) is 0 Å². The summed E-state index contributed by atoms with van der Waals surface area (Å²) in [5.41, 5.74) is 1.90. The molecule has 0 aromatic heterocycles. The Hall–Kier alpha value is -2.82. The molecule has 166 valence electrons. The van der Waals surface area contributed by atoms with E-state index in [0.29, 0.717) is 13.0 Å². The quantitative estimate of drug-likeness (QED) is 0.648. The highest BCUT2D eigenvalue weighted by Crippen LogP contribution is 2.21. The first-order chi connectivity index (χ1) is 15.1. The van der Waals surface area contributed by atoms with E-state index in [0.717, 1.165) is 42.6 Å². The molecule has 0 heterocycles. The molecule has 1 saturated carbocycles. The van der Waals surface area contributed by atoms with Crippen LogP contribution in [-0.4, -0.2) is 35.9 Å². The van der Waals surface area contributed by atoms with Crippen LogP contribution in [0.15, 0.2) is 54.6 Å². The van der Waals surface area contributed by atoms with Crippen molar-refractivity contribution in [2.75, 3.05) is 7.11 Å². The van der Waals surface area contributed by atoms with E-state index in [9.17, 15) is 9.59 Å². The minimum absolute atomic E-state index is 0.0420. The topological polar surface area (TPSA) is 58.6 Å². The maximum Gasteiger partial charge on any atom is 0.243 e. The van der Waals surface area contributed by atoms with Crippen LogP contribution in [0.5, 0.6) is 5.75 Å². The Balaban J connectivity index is 1.80. The first-order valence-electron chi connectivity index (χ1n) is 11.4. The number of methoxy groups -OCH3 is 1. The summed E-state index contributed by atoms with van der Waals surface area (Å²) < 4.78 is 5.34. The molecule has 5 nitrogen and oxygen atoms in total. The lowest BCUT2D eigenvalue weighted by Crippen LogP contribution is -2.51. The van der Waals surface area contributed by atoms with Crippen LogP contribution in [0.4, 0.5) is 0 Å². The van der Waals surface area contributed by atoms with Gasteiger partial charge in [-0.2, -0.15) is 0 Å². The predicted octanol–water partition coefficient (Wildman–Crippen LogP) is 4.49. The van der Waals surface area contributed by atoms with Gasteiger partial charge in [-0.3, -0.25) is 9.59 Å². The van der Waals surface area contributed by atoms with Gasteiger partial charge >= 0.3 is 0 Å². The average Bonchev–Trinajstić information content (AvgIpc) is 2.80. The van der Waals surface area contributed by atoms with E-state index in [1.54, 1.807) is 12.0 Å². The summed E-state index contributed by atoms with van der Waals surface area (Å²) in [6, 6.07) is 17.1. The molecule has 0 aliphatic heterocycles. The fourth-order valence-corrected chi connectivity index (χ4v) is 4.30. The van der Waals surface area contributed by atoms with Gasteiger partial charge in [0.15, 0.2) is 0 Å². The molecule has 1 atom stereocenters. The molecule has 1 aliphatic rings. The summed E-state index contributed by atoms with van der Waals surface area (Å²) in [6.45, 7) is 2.35. The molecular formula is C26H34N2O3. The Morgan fingerprint density at radius 3 is 2.42 bits per heavy atom. The highest BCUT2D eigenvalue weighted by Gasteiger charge is 2.30. The molecule has 5 heteroatoms. The van der Waals surface area contributed by atoms with Crippen LogP contribution in [0.2, 0.25) is 0 Å². The maximum atomic E-state index is 13.4. The van der Waals surface area contributed by atoms with Gasteiger partial charge in [-0.05, 0) is 42.5 Å². The monoisotopic (exact) mass is 422 g/mol. The zero-order valence-corrected chi connectivity index (χ0v) is 18.7. The Kier molecular flexibility index (Phi) is 8.51. The van der Waals surface area contributed by atoms with Crippen molar-refractivity contribution in [3.05, 3.63) is 65.7 Å². The van der Waals surface area contributed by atoms with Crippen LogP contribution in [-0.2, 0) is 22.6 Å². The summed E-state index contributed by atoms with van der Waals surface area (Å²) in [4.78, 5) is 28.3. The van der Waals surface area contributed by atoms with Gasteiger partial charge in [-0.1, -0.05) is 68.7 Å². The van der Waals surface area contributed by atoms with Crippen molar-refractivity contribution in [3.63, 3.8) is 0 Å². The van der Waals surface area contributed by atoms with E-state index in [1.165, 1.54) is 6.42 Å². The van der Waals surface area contributed by atoms with Crippen LogP contribution in [0.1, 0.15) is 56.6 Å². The van der Waals surface area contributed by atoms with Crippen LogP contribution >= 0.6 is 0 Å². The second kappa shape index (κ2) is 11.5. The predicted molar refractivity (Wildman–Crippen MR) is 123 cm³/mol. The van der Waals surface area contributed by atoms with Crippen molar-refractivity contribution in [1.82, 2.24) is 10.2 Å². The minimum Gasteiger partial charge on any atom is -0.497 e. The zero-order valence-electron chi connectivity index (χ0n) is 18.7. The van der Waals surface area contributed by atoms with E-state index >= 15 is 0 Å². The molecule has 2 amide bonds. The summed E-state index contributed by atoms with van der Waals surface area (Å²) in [6.07, 6.45) is 6.44. The van der Waals surface area contributed by atoms with Gasteiger partial charge in [-0.15, -0.1) is 0 Å². The van der Waals surface area contributed by atoms with Crippen LogP contribution in [0, 0.1) is 0 Å². The van der Waals surface area contributed by atoms with Gasteiger partial charge in [0.05, 0.1) is 13.5 Å². The number of benzene rings is 2. The highest BCUT2D eigenvalue weighted by molar-refractivity contribution is 5.88. The fourth-order valence-electron chi connectivity index (χ4n) is 4.30. The molecular weight excluding hydrogens is 388 g/mol. The Morgan fingerprint density at radius 2 is 1.74 bits per heavy atom. The van der Waals surface area contributed by atoms with Gasteiger partial charge in [0.25, 0.3) is 0 Å². The summed E-state index contributed by atoms with van der Waals surface area (Å²) in [5.74, 6) is 0.658. The van der Waals surface area contributed by atoms with Crippen LogP contribution in [0.25, 0.3) is 0 Å². The van der Waals surface area contributed by atoms with E-state index in [4.69, 9.17) is 4.74 Å². The van der Waals surface area contributed by atoms with Crippen LogP contribution < -0.4 is 10.1 Å². The average molecular weight is 423 g/mol. The summed E-state index contributed by atoms with van der Waals surface area (Å²) >= 11 is 0.